The van der Waals surface area contributed by atoms with Crippen LogP contribution in [0.4, 0.5) is 0 Å². The van der Waals surface area contributed by atoms with E-state index in [9.17, 15) is 4.79 Å². The van der Waals surface area contributed by atoms with Gasteiger partial charge in [-0.05, 0) is 26.1 Å². The molecule has 0 atom stereocenters. The second-order valence-electron chi connectivity index (χ2n) is 1.31. The van der Waals surface area contributed by atoms with Gasteiger partial charge in [-0.25, -0.2) is 0 Å². The van der Waals surface area contributed by atoms with E-state index in [0.29, 0.717) is 0 Å². The lowest BCUT2D eigenvalue weighted by Crippen LogP contribution is -2.18. The Morgan fingerprint density at radius 3 is 1.38 bits per heavy atom. The largest absolute Gasteiger partial charge is 0.377 e. The first-order chi connectivity index (χ1) is 3.46. The number of Topliss-reactive ketones (excluding diaryl/α,β-unsaturated/α-hetero) is 1. The summed E-state index contributed by atoms with van der Waals surface area (Å²) < 4.78 is 0. The maximum atomic E-state index is 9.44. The minimum absolute atomic E-state index is 0.000000000000000222. The molecule has 8 heavy (non-hydrogen) atoms. The number of hydrogen-bond donors (Lipinski definition) is 2. The van der Waals surface area contributed by atoms with Gasteiger partial charge in [0, 0.05) is 0 Å². The molecule has 0 aliphatic rings. The van der Waals surface area contributed by atoms with Crippen molar-refractivity contribution in [2.75, 3.05) is 0 Å². The lowest BCUT2D eigenvalue weighted by molar-refractivity contribution is -0.114. The van der Waals surface area contributed by atoms with Crippen molar-refractivity contribution in [3.63, 3.8) is 0 Å². The highest BCUT2D eigenvalue weighted by molar-refractivity contribution is 7.80. The molecule has 0 amide bonds. The zero-order valence-corrected chi connectivity index (χ0v) is 5.79. The molecule has 0 aromatic heterocycles. The SMILES string of the molecule is CC(C)=O.NC(N)=S. The Balaban J connectivity index is 0. The summed E-state index contributed by atoms with van der Waals surface area (Å²) >= 11 is 4.09. The highest BCUT2D eigenvalue weighted by Crippen LogP contribution is 1.50. The van der Waals surface area contributed by atoms with Crippen LogP contribution >= 0.6 is 12.2 Å². The van der Waals surface area contributed by atoms with Gasteiger partial charge >= 0.3 is 0 Å². The van der Waals surface area contributed by atoms with Gasteiger partial charge in [0.25, 0.3) is 0 Å². The molecule has 4 heteroatoms. The summed E-state index contributed by atoms with van der Waals surface area (Å²) in [5.74, 6) is 0.167. The zero-order valence-electron chi connectivity index (χ0n) is 4.97. The van der Waals surface area contributed by atoms with E-state index in [2.05, 4.69) is 23.7 Å². The van der Waals surface area contributed by atoms with E-state index in [1.165, 1.54) is 13.8 Å². The van der Waals surface area contributed by atoms with Gasteiger partial charge in [0.05, 0.1) is 0 Å². The number of hydrogen-bond acceptors (Lipinski definition) is 2. The van der Waals surface area contributed by atoms with Gasteiger partial charge in [0.15, 0.2) is 5.11 Å². The second-order valence-corrected chi connectivity index (χ2v) is 1.78. The van der Waals surface area contributed by atoms with Crippen LogP contribution in [0.3, 0.4) is 0 Å². The molecule has 0 saturated carbocycles. The number of rotatable bonds is 0. The molecule has 0 saturated heterocycles. The van der Waals surface area contributed by atoms with Gasteiger partial charge in [0.1, 0.15) is 5.78 Å². The molecule has 0 heterocycles. The summed E-state index contributed by atoms with van der Waals surface area (Å²) in [6, 6.07) is 0. The Hall–Kier alpha value is -0.640. The number of carbonyl (C=O) groups is 1. The molecule has 0 unspecified atom stereocenters. The lowest BCUT2D eigenvalue weighted by atomic mass is 10.6. The number of ketones is 1. The molecule has 48 valence electrons. The molecular formula is C4H10N2OS. The van der Waals surface area contributed by atoms with E-state index in [-0.39, 0.29) is 10.9 Å². The van der Waals surface area contributed by atoms with Crippen LogP contribution < -0.4 is 11.5 Å². The highest BCUT2D eigenvalue weighted by Gasteiger charge is 1.62. The minimum Gasteiger partial charge on any atom is -0.377 e. The van der Waals surface area contributed by atoms with Crippen LogP contribution in [0, 0.1) is 0 Å². The first kappa shape index (κ1) is 10.4. The minimum atomic E-state index is 0.000000000000000222. The van der Waals surface area contributed by atoms with Crippen LogP contribution in [-0.4, -0.2) is 10.9 Å². The number of thiocarbonyl (C=S) groups is 1. The first-order valence-electron chi connectivity index (χ1n) is 1.99. The summed E-state index contributed by atoms with van der Waals surface area (Å²) in [5.41, 5.74) is 9.24. The molecule has 0 spiro atoms. The van der Waals surface area contributed by atoms with Crippen molar-refractivity contribution < 1.29 is 4.79 Å². The molecule has 0 bridgehead atoms. The fourth-order valence-electron chi connectivity index (χ4n) is 0. The third-order valence-electron chi connectivity index (χ3n) is 0. The van der Waals surface area contributed by atoms with Crippen LogP contribution in [0.15, 0.2) is 0 Å². The van der Waals surface area contributed by atoms with Crippen molar-refractivity contribution in [3.8, 4) is 0 Å². The van der Waals surface area contributed by atoms with Crippen molar-refractivity contribution in [3.05, 3.63) is 0 Å². The molecule has 4 N–H and O–H groups in total. The molecule has 0 radical (unpaired) electrons. The van der Waals surface area contributed by atoms with E-state index >= 15 is 0 Å². The number of nitrogens with two attached hydrogens (primary N) is 2. The summed E-state index contributed by atoms with van der Waals surface area (Å²) in [6.07, 6.45) is 0. The maximum Gasteiger partial charge on any atom is 0.160 e. The smallest absolute Gasteiger partial charge is 0.160 e. The van der Waals surface area contributed by atoms with Crippen LogP contribution in [0.1, 0.15) is 13.8 Å². The van der Waals surface area contributed by atoms with Crippen molar-refractivity contribution in [2.45, 2.75) is 13.8 Å². The predicted molar refractivity (Wildman–Crippen MR) is 37.3 cm³/mol. The molecule has 0 rings (SSSR count). The topological polar surface area (TPSA) is 69.1 Å². The number of carbonyl (C=O) groups excluding carboxylic acids is 1. The standard InChI is InChI=1S/C3H6O.CH4N2S/c1-3(2)4;2-1(3)4/h1-2H3;(H4,2,3,4). The monoisotopic (exact) mass is 134 g/mol. The van der Waals surface area contributed by atoms with E-state index in [1.807, 2.05) is 0 Å². The van der Waals surface area contributed by atoms with E-state index in [4.69, 9.17) is 0 Å². The summed E-state index contributed by atoms with van der Waals surface area (Å²) in [5, 5.41) is 0.000000000000000222. The average molecular weight is 134 g/mol. The molecule has 0 fully saturated rings. The Kier molecular flexibility index (Phi) is 8.24. The zero-order chi connectivity index (χ0) is 7.15. The normalized spacial score (nSPS) is 6.25. The quantitative estimate of drug-likeness (QED) is 0.449. The van der Waals surface area contributed by atoms with E-state index in [0.717, 1.165) is 0 Å². The van der Waals surface area contributed by atoms with Crippen LogP contribution in [0.5, 0.6) is 0 Å². The fourth-order valence-corrected chi connectivity index (χ4v) is 0. The fraction of sp³-hybridized carbons (Fsp3) is 0.500. The van der Waals surface area contributed by atoms with E-state index < -0.39 is 0 Å². The van der Waals surface area contributed by atoms with Crippen molar-refractivity contribution >= 4 is 23.1 Å². The molecule has 0 aliphatic heterocycles. The van der Waals surface area contributed by atoms with Gasteiger partial charge in [0.2, 0.25) is 0 Å². The summed E-state index contributed by atoms with van der Waals surface area (Å²) in [6.45, 7) is 3.06. The second kappa shape index (κ2) is 6.36. The molecular weight excluding hydrogens is 124 g/mol. The van der Waals surface area contributed by atoms with Crippen LogP contribution in [0.2, 0.25) is 0 Å². The average Bonchev–Trinajstić information content (AvgIpc) is 1.25. The Morgan fingerprint density at radius 2 is 1.38 bits per heavy atom. The summed E-state index contributed by atoms with van der Waals surface area (Å²) in [7, 11) is 0. The molecule has 0 aromatic carbocycles. The lowest BCUT2D eigenvalue weighted by Gasteiger charge is -1.68. The Labute approximate surface area is 54.0 Å². The van der Waals surface area contributed by atoms with Crippen LogP contribution in [0.25, 0.3) is 0 Å². The predicted octanol–water partition coefficient (Wildman–Crippen LogP) is -0.216. The van der Waals surface area contributed by atoms with Crippen molar-refractivity contribution in [1.82, 2.24) is 0 Å². The molecule has 0 aliphatic carbocycles. The van der Waals surface area contributed by atoms with E-state index in [1.54, 1.807) is 0 Å². The van der Waals surface area contributed by atoms with Gasteiger partial charge in [-0.2, -0.15) is 0 Å². The van der Waals surface area contributed by atoms with Crippen molar-refractivity contribution in [1.29, 1.82) is 0 Å². The third-order valence-corrected chi connectivity index (χ3v) is 0. The highest BCUT2D eigenvalue weighted by atomic mass is 32.1. The van der Waals surface area contributed by atoms with Gasteiger partial charge in [-0.1, -0.05) is 0 Å². The van der Waals surface area contributed by atoms with Gasteiger partial charge in [-0.15, -0.1) is 0 Å². The van der Waals surface area contributed by atoms with Gasteiger partial charge < -0.3 is 16.3 Å². The van der Waals surface area contributed by atoms with Gasteiger partial charge in [-0.3, -0.25) is 0 Å². The Morgan fingerprint density at radius 1 is 1.38 bits per heavy atom. The molecule has 0 aromatic rings. The third kappa shape index (κ3) is 249. The first-order valence-corrected chi connectivity index (χ1v) is 2.39. The molecule has 3 nitrogen and oxygen atoms in total. The van der Waals surface area contributed by atoms with Crippen LogP contribution in [-0.2, 0) is 4.79 Å². The summed E-state index contributed by atoms with van der Waals surface area (Å²) in [4.78, 5) is 9.44. The maximum absolute atomic E-state index is 9.44. The van der Waals surface area contributed by atoms with Crippen molar-refractivity contribution in [2.24, 2.45) is 11.5 Å². The Bertz CT molecular complexity index is 72.0.